The quantitative estimate of drug-likeness (QED) is 0.409. The number of rotatable bonds is 5. The molecular weight excluding hydrogens is 310 g/mol. The van der Waals surface area contributed by atoms with Crippen molar-refractivity contribution in [2.24, 2.45) is 0 Å². The second kappa shape index (κ2) is 6.54. The topological polar surface area (TPSA) is 78.5 Å². The molecular formula is C18H15NO5. The molecule has 1 aromatic heterocycles. The molecule has 0 amide bonds. The summed E-state index contributed by atoms with van der Waals surface area (Å²) in [6.45, 7) is 1.63. The van der Waals surface area contributed by atoms with Crippen molar-refractivity contribution in [2.45, 2.75) is 19.9 Å². The van der Waals surface area contributed by atoms with Crippen LogP contribution in [0.5, 0.6) is 5.75 Å². The monoisotopic (exact) mass is 325 g/mol. The molecule has 0 aliphatic heterocycles. The van der Waals surface area contributed by atoms with Gasteiger partial charge >= 0.3 is 11.7 Å². The van der Waals surface area contributed by atoms with Crippen LogP contribution in [-0.4, -0.2) is 16.3 Å². The molecule has 3 rings (SSSR count). The average Bonchev–Trinajstić information content (AvgIpc) is 2.88. The summed E-state index contributed by atoms with van der Waals surface area (Å²) < 4.78 is 11.7. The van der Waals surface area contributed by atoms with Gasteiger partial charge in [0.05, 0.1) is 11.9 Å². The van der Waals surface area contributed by atoms with Gasteiger partial charge in [0.1, 0.15) is 5.75 Å². The maximum absolute atomic E-state index is 11.9. The van der Waals surface area contributed by atoms with E-state index in [1.54, 1.807) is 48.5 Å². The highest BCUT2D eigenvalue weighted by atomic mass is 16.5. The third kappa shape index (κ3) is 3.27. The predicted molar refractivity (Wildman–Crippen MR) is 87.2 cm³/mol. The van der Waals surface area contributed by atoms with Crippen LogP contribution in [0, 0.1) is 0 Å². The number of fused-ring (bicyclic) bond motifs is 1. The van der Waals surface area contributed by atoms with E-state index in [9.17, 15) is 14.4 Å². The highest BCUT2D eigenvalue weighted by molar-refractivity contribution is 5.94. The summed E-state index contributed by atoms with van der Waals surface area (Å²) in [5.41, 5.74) is 1.67. The number of oxazole rings is 1. The molecule has 3 aromatic rings. The maximum Gasteiger partial charge on any atom is 0.419 e. The normalized spacial score (nSPS) is 10.7. The molecule has 0 N–H and O–H groups in total. The van der Waals surface area contributed by atoms with Crippen LogP contribution in [-0.2, 0) is 11.3 Å². The van der Waals surface area contributed by atoms with Crippen LogP contribution in [0.3, 0.4) is 0 Å². The van der Waals surface area contributed by atoms with Crippen LogP contribution in [0.1, 0.15) is 23.7 Å². The van der Waals surface area contributed by atoms with E-state index in [4.69, 9.17) is 9.15 Å². The van der Waals surface area contributed by atoms with E-state index in [2.05, 4.69) is 0 Å². The van der Waals surface area contributed by atoms with Gasteiger partial charge in [0, 0.05) is 12.1 Å². The molecule has 2 aromatic carbocycles. The van der Waals surface area contributed by atoms with E-state index in [0.29, 0.717) is 22.4 Å². The van der Waals surface area contributed by atoms with Crippen molar-refractivity contribution in [2.75, 3.05) is 0 Å². The zero-order chi connectivity index (χ0) is 17.1. The maximum atomic E-state index is 11.9. The molecule has 0 saturated carbocycles. The zero-order valence-corrected chi connectivity index (χ0v) is 13.0. The second-order valence-electron chi connectivity index (χ2n) is 5.29. The lowest BCUT2D eigenvalue weighted by atomic mass is 10.1. The first-order chi connectivity index (χ1) is 11.5. The summed E-state index contributed by atoms with van der Waals surface area (Å²) in [4.78, 5) is 35.0. The minimum Gasteiger partial charge on any atom is -0.426 e. The number of ether oxygens (including phenoxy) is 1. The number of hydrogen-bond acceptors (Lipinski definition) is 5. The van der Waals surface area contributed by atoms with Gasteiger partial charge in [-0.1, -0.05) is 12.1 Å². The number of para-hydroxylation sites is 2. The summed E-state index contributed by atoms with van der Waals surface area (Å²) >= 11 is 0. The molecule has 0 aliphatic rings. The molecule has 6 heteroatoms. The number of aryl methyl sites for hydroxylation is 1. The Morgan fingerprint density at radius 2 is 1.79 bits per heavy atom. The Morgan fingerprint density at radius 1 is 1.08 bits per heavy atom. The number of nitrogens with zero attached hydrogens (tertiary/aromatic N) is 1. The van der Waals surface area contributed by atoms with Gasteiger partial charge in [0.15, 0.2) is 11.4 Å². The van der Waals surface area contributed by atoms with Gasteiger partial charge in [-0.05, 0) is 43.3 Å². The lowest BCUT2D eigenvalue weighted by Gasteiger charge is -2.05. The Balaban J connectivity index is 1.66. The van der Waals surface area contributed by atoms with Crippen molar-refractivity contribution in [1.82, 2.24) is 4.57 Å². The second-order valence-corrected chi connectivity index (χ2v) is 5.29. The number of aromatic nitrogens is 1. The number of hydrogen-bond donors (Lipinski definition) is 0. The standard InChI is InChI=1S/C18H15NO5/c1-12(20)13-6-8-14(9-7-13)23-17(21)10-11-19-15-4-2-3-5-16(15)24-18(19)22/h2-9H,10-11H2,1H3. The predicted octanol–water partition coefficient (Wildman–Crippen LogP) is 2.79. The molecule has 0 bridgehead atoms. The van der Waals surface area contributed by atoms with E-state index in [-0.39, 0.29) is 18.7 Å². The Hall–Kier alpha value is -3.15. The first-order valence-electron chi connectivity index (χ1n) is 7.44. The van der Waals surface area contributed by atoms with E-state index < -0.39 is 11.7 Å². The molecule has 1 heterocycles. The van der Waals surface area contributed by atoms with Crippen LogP contribution in [0.15, 0.2) is 57.7 Å². The van der Waals surface area contributed by atoms with Gasteiger partial charge < -0.3 is 9.15 Å². The van der Waals surface area contributed by atoms with Crippen LogP contribution < -0.4 is 10.5 Å². The van der Waals surface area contributed by atoms with Gasteiger partial charge in [-0.15, -0.1) is 0 Å². The van der Waals surface area contributed by atoms with Crippen molar-refractivity contribution in [3.8, 4) is 5.75 Å². The molecule has 0 radical (unpaired) electrons. The molecule has 0 aliphatic carbocycles. The van der Waals surface area contributed by atoms with Crippen molar-refractivity contribution < 1.29 is 18.7 Å². The fourth-order valence-corrected chi connectivity index (χ4v) is 2.37. The Kier molecular flexibility index (Phi) is 4.29. The minimum atomic E-state index is -0.505. The highest BCUT2D eigenvalue weighted by Gasteiger charge is 2.11. The fourth-order valence-electron chi connectivity index (χ4n) is 2.37. The van der Waals surface area contributed by atoms with Crippen LogP contribution in [0.25, 0.3) is 11.1 Å². The Morgan fingerprint density at radius 3 is 2.50 bits per heavy atom. The van der Waals surface area contributed by atoms with E-state index in [1.165, 1.54) is 11.5 Å². The third-order valence-electron chi connectivity index (χ3n) is 3.61. The summed E-state index contributed by atoms with van der Waals surface area (Å²) in [5.74, 6) is -0.675. The van der Waals surface area contributed by atoms with E-state index in [1.807, 2.05) is 0 Å². The van der Waals surface area contributed by atoms with Gasteiger partial charge in [0.25, 0.3) is 0 Å². The van der Waals surface area contributed by atoms with E-state index in [0.717, 1.165) is 0 Å². The summed E-state index contributed by atoms with van der Waals surface area (Å²) in [5, 5.41) is 0. The van der Waals surface area contributed by atoms with Crippen LogP contribution in [0.2, 0.25) is 0 Å². The smallest absolute Gasteiger partial charge is 0.419 e. The van der Waals surface area contributed by atoms with Crippen LogP contribution in [0.4, 0.5) is 0 Å². The minimum absolute atomic E-state index is 0.0257. The van der Waals surface area contributed by atoms with Crippen molar-refractivity contribution in [1.29, 1.82) is 0 Å². The largest absolute Gasteiger partial charge is 0.426 e. The fraction of sp³-hybridized carbons (Fsp3) is 0.167. The first-order valence-corrected chi connectivity index (χ1v) is 7.44. The van der Waals surface area contributed by atoms with Crippen molar-refractivity contribution in [3.05, 3.63) is 64.6 Å². The number of carbonyl (C=O) groups is 2. The lowest BCUT2D eigenvalue weighted by molar-refractivity contribution is -0.134. The van der Waals surface area contributed by atoms with Crippen LogP contribution >= 0.6 is 0 Å². The third-order valence-corrected chi connectivity index (χ3v) is 3.61. The molecule has 0 saturated heterocycles. The number of Topliss-reactive ketones (excluding diaryl/α,β-unsaturated/α-hetero) is 1. The number of ketones is 1. The molecule has 6 nitrogen and oxygen atoms in total. The average molecular weight is 325 g/mol. The SMILES string of the molecule is CC(=O)c1ccc(OC(=O)CCn2c(=O)oc3ccccc32)cc1. The summed E-state index contributed by atoms with van der Waals surface area (Å²) in [6.07, 6.45) is 0.0257. The summed E-state index contributed by atoms with van der Waals surface area (Å²) in [6, 6.07) is 13.3. The lowest BCUT2D eigenvalue weighted by Crippen LogP contribution is -2.18. The Labute approximate surface area is 137 Å². The molecule has 122 valence electrons. The molecule has 0 atom stereocenters. The molecule has 24 heavy (non-hydrogen) atoms. The first kappa shape index (κ1) is 15.7. The van der Waals surface area contributed by atoms with Crippen molar-refractivity contribution in [3.63, 3.8) is 0 Å². The zero-order valence-electron chi connectivity index (χ0n) is 13.0. The van der Waals surface area contributed by atoms with Gasteiger partial charge in [0.2, 0.25) is 0 Å². The van der Waals surface area contributed by atoms with Gasteiger partial charge in [-0.3, -0.25) is 14.2 Å². The number of esters is 1. The number of benzene rings is 2. The molecule has 0 fully saturated rings. The summed E-state index contributed by atoms with van der Waals surface area (Å²) in [7, 11) is 0. The number of carbonyl (C=O) groups excluding carboxylic acids is 2. The van der Waals surface area contributed by atoms with Gasteiger partial charge in [-0.2, -0.15) is 0 Å². The van der Waals surface area contributed by atoms with E-state index >= 15 is 0 Å². The Bertz CT molecular complexity index is 949. The van der Waals surface area contributed by atoms with Crippen molar-refractivity contribution >= 4 is 22.9 Å². The van der Waals surface area contributed by atoms with Gasteiger partial charge in [-0.25, -0.2) is 4.79 Å². The molecule has 0 spiro atoms. The molecule has 0 unspecified atom stereocenters. The highest BCUT2D eigenvalue weighted by Crippen LogP contribution is 2.15.